The molecule has 1 unspecified atom stereocenters. The van der Waals surface area contributed by atoms with E-state index >= 15 is 0 Å². The fraction of sp³-hybridized carbons (Fsp3) is 0.250. The first-order valence-corrected chi connectivity index (χ1v) is 7.86. The van der Waals surface area contributed by atoms with Gasteiger partial charge in [0.25, 0.3) is 0 Å². The molecule has 3 rings (SSSR count). The van der Waals surface area contributed by atoms with Crippen molar-refractivity contribution in [1.29, 1.82) is 0 Å². The number of carbonyl (C=O) groups is 1. The van der Waals surface area contributed by atoms with Gasteiger partial charge in [0, 0.05) is 5.57 Å². The van der Waals surface area contributed by atoms with Gasteiger partial charge in [0.2, 0.25) is 0 Å². The Bertz CT molecular complexity index is 665. The molecule has 0 aliphatic carbocycles. The van der Waals surface area contributed by atoms with E-state index in [1.807, 2.05) is 73.7 Å². The molecule has 1 fully saturated rings. The zero-order valence-electron chi connectivity index (χ0n) is 13.4. The normalized spacial score (nSPS) is 20.8. The van der Waals surface area contributed by atoms with E-state index in [1.54, 1.807) is 6.92 Å². The van der Waals surface area contributed by atoms with Crippen LogP contribution < -0.4 is 0 Å². The first kappa shape index (κ1) is 15.5. The summed E-state index contributed by atoms with van der Waals surface area (Å²) in [6.07, 6.45) is 1.32. The lowest BCUT2D eigenvalue weighted by atomic mass is 9.72. The lowest BCUT2D eigenvalue weighted by Gasteiger charge is -2.49. The molecule has 0 radical (unpaired) electrons. The molecule has 0 amide bonds. The molecule has 1 aliphatic rings. The molecule has 0 saturated carbocycles. The molecular formula is C20H20O3. The van der Waals surface area contributed by atoms with Gasteiger partial charge in [0.15, 0.2) is 6.10 Å². The van der Waals surface area contributed by atoms with Crippen molar-refractivity contribution < 1.29 is 14.3 Å². The second kappa shape index (κ2) is 6.39. The molecular weight excluding hydrogens is 288 g/mol. The number of allylic oxidation sites excluding steroid dienone is 1. The van der Waals surface area contributed by atoms with Gasteiger partial charge in [-0.15, -0.1) is 0 Å². The van der Waals surface area contributed by atoms with Gasteiger partial charge in [-0.1, -0.05) is 66.7 Å². The van der Waals surface area contributed by atoms with Crippen molar-refractivity contribution in [3.63, 3.8) is 0 Å². The van der Waals surface area contributed by atoms with Gasteiger partial charge in [-0.25, -0.2) is 4.79 Å². The van der Waals surface area contributed by atoms with Crippen molar-refractivity contribution >= 4 is 5.97 Å². The lowest BCUT2D eigenvalue weighted by Crippen LogP contribution is -2.55. The first-order chi connectivity index (χ1) is 11.2. The van der Waals surface area contributed by atoms with Gasteiger partial charge in [-0.05, 0) is 25.0 Å². The van der Waals surface area contributed by atoms with Gasteiger partial charge in [-0.3, -0.25) is 0 Å². The number of ether oxygens (including phenoxy) is 2. The number of rotatable bonds is 4. The molecule has 3 heteroatoms. The number of hydrogen-bond donors (Lipinski definition) is 0. The fourth-order valence-corrected chi connectivity index (χ4v) is 3.16. The summed E-state index contributed by atoms with van der Waals surface area (Å²) in [5.41, 5.74) is 2.24. The largest absolute Gasteiger partial charge is 0.464 e. The molecule has 0 aromatic heterocycles. The molecule has 1 aliphatic heterocycles. The standard InChI is InChI=1S/C20H20O3/c1-3-17-18(19(21)22-4-2)23-20(17,15-11-7-5-8-12-15)16-13-9-6-10-14-16/h3,5-14,18H,4H2,1-2H3/b17-3+. The highest BCUT2D eigenvalue weighted by atomic mass is 16.6. The maximum absolute atomic E-state index is 12.2. The quantitative estimate of drug-likeness (QED) is 0.636. The maximum Gasteiger partial charge on any atom is 0.339 e. The molecule has 2 aromatic carbocycles. The molecule has 3 nitrogen and oxygen atoms in total. The Morgan fingerprint density at radius 3 is 2.04 bits per heavy atom. The van der Waals surface area contributed by atoms with Crippen molar-refractivity contribution in [2.75, 3.05) is 6.61 Å². The third kappa shape index (κ3) is 2.47. The molecule has 23 heavy (non-hydrogen) atoms. The molecule has 0 spiro atoms. The van der Waals surface area contributed by atoms with Crippen LogP contribution in [0.25, 0.3) is 0 Å². The van der Waals surface area contributed by atoms with E-state index in [-0.39, 0.29) is 5.97 Å². The Balaban J connectivity index is 2.08. The SMILES string of the molecule is C/C=C1\C(C(=O)OCC)OC1(c1ccccc1)c1ccccc1. The summed E-state index contributed by atoms with van der Waals surface area (Å²) < 4.78 is 11.3. The molecule has 1 atom stereocenters. The lowest BCUT2D eigenvalue weighted by molar-refractivity contribution is -0.181. The van der Waals surface area contributed by atoms with Gasteiger partial charge in [0.05, 0.1) is 6.61 Å². The Morgan fingerprint density at radius 1 is 1.09 bits per heavy atom. The Morgan fingerprint density at radius 2 is 1.61 bits per heavy atom. The predicted octanol–water partition coefficient (Wildman–Crippen LogP) is 3.84. The van der Waals surface area contributed by atoms with Crippen molar-refractivity contribution in [3.8, 4) is 0 Å². The summed E-state index contributed by atoms with van der Waals surface area (Å²) in [5, 5.41) is 0. The first-order valence-electron chi connectivity index (χ1n) is 7.86. The highest BCUT2D eigenvalue weighted by molar-refractivity contribution is 5.82. The van der Waals surface area contributed by atoms with Crippen molar-refractivity contribution in [2.24, 2.45) is 0 Å². The minimum absolute atomic E-state index is 0.330. The van der Waals surface area contributed by atoms with Crippen LogP contribution in [0.3, 0.4) is 0 Å². The predicted molar refractivity (Wildman–Crippen MR) is 88.9 cm³/mol. The third-order valence-corrected chi connectivity index (χ3v) is 4.16. The number of hydrogen-bond acceptors (Lipinski definition) is 3. The van der Waals surface area contributed by atoms with E-state index in [4.69, 9.17) is 9.47 Å². The van der Waals surface area contributed by atoms with Crippen molar-refractivity contribution in [3.05, 3.63) is 83.4 Å². The van der Waals surface area contributed by atoms with E-state index in [9.17, 15) is 4.79 Å². The second-order valence-corrected chi connectivity index (χ2v) is 5.41. The van der Waals surface area contributed by atoms with E-state index in [2.05, 4.69) is 0 Å². The summed E-state index contributed by atoms with van der Waals surface area (Å²) in [7, 11) is 0. The number of carbonyl (C=O) groups excluding carboxylic acids is 1. The smallest absolute Gasteiger partial charge is 0.339 e. The summed E-state index contributed by atoms with van der Waals surface area (Å²) in [6.45, 7) is 4.08. The topological polar surface area (TPSA) is 35.5 Å². The van der Waals surface area contributed by atoms with E-state index in [1.165, 1.54) is 0 Å². The monoisotopic (exact) mass is 308 g/mol. The molecule has 1 saturated heterocycles. The van der Waals surface area contributed by atoms with Gasteiger partial charge in [0.1, 0.15) is 5.60 Å². The van der Waals surface area contributed by atoms with Crippen LogP contribution >= 0.6 is 0 Å². The van der Waals surface area contributed by atoms with Crippen molar-refractivity contribution in [2.45, 2.75) is 25.6 Å². The average Bonchev–Trinajstić information content (AvgIpc) is 2.57. The Hall–Kier alpha value is -2.39. The molecule has 118 valence electrons. The van der Waals surface area contributed by atoms with Crippen molar-refractivity contribution in [1.82, 2.24) is 0 Å². The highest BCUT2D eigenvalue weighted by Crippen LogP contribution is 2.51. The fourth-order valence-electron chi connectivity index (χ4n) is 3.16. The molecule has 0 N–H and O–H groups in total. The van der Waals surface area contributed by atoms with Crippen LogP contribution in [0.2, 0.25) is 0 Å². The van der Waals surface area contributed by atoms with Crippen LogP contribution in [0.15, 0.2) is 72.3 Å². The Kier molecular flexibility index (Phi) is 4.30. The van der Waals surface area contributed by atoms with Crippen LogP contribution in [0.1, 0.15) is 25.0 Å². The summed E-state index contributed by atoms with van der Waals surface area (Å²) in [6, 6.07) is 20.0. The Labute approximate surface area is 136 Å². The van der Waals surface area contributed by atoms with Crippen LogP contribution in [-0.4, -0.2) is 18.7 Å². The average molecular weight is 308 g/mol. The molecule has 1 heterocycles. The summed E-state index contributed by atoms with van der Waals surface area (Å²) >= 11 is 0. The van der Waals surface area contributed by atoms with E-state index < -0.39 is 11.7 Å². The van der Waals surface area contributed by atoms with Gasteiger partial charge in [-0.2, -0.15) is 0 Å². The zero-order chi connectivity index (χ0) is 16.3. The number of esters is 1. The summed E-state index contributed by atoms with van der Waals surface area (Å²) in [4.78, 5) is 12.2. The van der Waals surface area contributed by atoms with Crippen LogP contribution in [0.5, 0.6) is 0 Å². The second-order valence-electron chi connectivity index (χ2n) is 5.41. The summed E-state index contributed by atoms with van der Waals surface area (Å²) in [5.74, 6) is -0.330. The number of benzene rings is 2. The van der Waals surface area contributed by atoms with Crippen LogP contribution in [0.4, 0.5) is 0 Å². The zero-order valence-corrected chi connectivity index (χ0v) is 13.4. The minimum Gasteiger partial charge on any atom is -0.464 e. The minimum atomic E-state index is -0.714. The van der Waals surface area contributed by atoms with E-state index in [0.29, 0.717) is 6.61 Å². The molecule has 0 bridgehead atoms. The van der Waals surface area contributed by atoms with Crippen LogP contribution in [-0.2, 0) is 19.9 Å². The molecule has 2 aromatic rings. The van der Waals surface area contributed by atoms with Gasteiger partial charge >= 0.3 is 5.97 Å². The van der Waals surface area contributed by atoms with Gasteiger partial charge < -0.3 is 9.47 Å². The van der Waals surface area contributed by atoms with E-state index in [0.717, 1.165) is 16.7 Å². The van der Waals surface area contributed by atoms with Crippen LogP contribution in [0, 0.1) is 0 Å². The maximum atomic E-state index is 12.2. The third-order valence-electron chi connectivity index (χ3n) is 4.16. The highest BCUT2D eigenvalue weighted by Gasteiger charge is 2.56.